The number of rotatable bonds is 3. The van der Waals surface area contributed by atoms with Crippen LogP contribution in [0.2, 0.25) is 5.15 Å². The minimum atomic E-state index is -0.193. The maximum atomic E-state index is 11.8. The Balaban J connectivity index is 2.12. The smallest absolute Gasteiger partial charge is 0.323 e. The molecule has 2 rings (SSSR count). The molecule has 1 saturated heterocycles. The van der Waals surface area contributed by atoms with Gasteiger partial charge >= 0.3 is 5.97 Å². The quantitative estimate of drug-likeness (QED) is 0.627. The van der Waals surface area contributed by atoms with E-state index in [1.807, 2.05) is 6.92 Å². The van der Waals surface area contributed by atoms with Gasteiger partial charge in [0.25, 0.3) is 0 Å². The average Bonchev–Trinajstić information content (AvgIpc) is 2.37. The molecule has 6 heteroatoms. The Morgan fingerprint density at radius 2 is 2.32 bits per heavy atom. The van der Waals surface area contributed by atoms with Crippen LogP contribution < -0.4 is 0 Å². The van der Waals surface area contributed by atoms with E-state index in [0.717, 1.165) is 31.5 Å². The molecule has 1 aromatic rings. The second-order valence-electron chi connectivity index (χ2n) is 4.75. The fourth-order valence-electron chi connectivity index (χ4n) is 2.42. The zero-order chi connectivity index (χ0) is 13.8. The molecular weight excluding hydrogens is 266 g/mol. The molecule has 0 amide bonds. The fourth-order valence-corrected chi connectivity index (χ4v) is 2.68. The summed E-state index contributed by atoms with van der Waals surface area (Å²) in [4.78, 5) is 22.4. The number of ether oxygens (including phenoxy) is 1. The lowest BCUT2D eigenvalue weighted by Crippen LogP contribution is -2.44. The largest absolute Gasteiger partial charge is 0.468 e. The van der Waals surface area contributed by atoms with Crippen LogP contribution in [0.25, 0.3) is 0 Å². The minimum absolute atomic E-state index is 0.182. The van der Waals surface area contributed by atoms with Gasteiger partial charge < -0.3 is 4.74 Å². The van der Waals surface area contributed by atoms with E-state index in [1.165, 1.54) is 7.11 Å². The first-order valence-corrected chi connectivity index (χ1v) is 6.80. The van der Waals surface area contributed by atoms with Crippen molar-refractivity contribution in [2.24, 2.45) is 0 Å². The SMILES string of the molecule is COC(=O)[C@H]1CCCCN1Cc1nc(C)cc(Cl)n1. The van der Waals surface area contributed by atoms with E-state index in [2.05, 4.69) is 14.9 Å². The van der Waals surface area contributed by atoms with Gasteiger partial charge in [0.15, 0.2) is 0 Å². The molecule has 1 fully saturated rings. The predicted molar refractivity (Wildman–Crippen MR) is 71.8 cm³/mol. The molecular formula is C13H18ClN3O2. The second-order valence-corrected chi connectivity index (χ2v) is 5.14. The van der Waals surface area contributed by atoms with Gasteiger partial charge in [-0.15, -0.1) is 0 Å². The zero-order valence-electron chi connectivity index (χ0n) is 11.2. The van der Waals surface area contributed by atoms with Crippen LogP contribution in [0.5, 0.6) is 0 Å². The van der Waals surface area contributed by atoms with Crippen molar-refractivity contribution in [3.63, 3.8) is 0 Å². The van der Waals surface area contributed by atoms with Gasteiger partial charge in [-0.25, -0.2) is 9.97 Å². The predicted octanol–water partition coefficient (Wildman–Crippen LogP) is 1.97. The molecule has 2 heterocycles. The van der Waals surface area contributed by atoms with Gasteiger partial charge in [0, 0.05) is 5.69 Å². The highest BCUT2D eigenvalue weighted by molar-refractivity contribution is 6.29. The zero-order valence-corrected chi connectivity index (χ0v) is 12.0. The van der Waals surface area contributed by atoms with Crippen molar-refractivity contribution in [1.29, 1.82) is 0 Å². The Bertz CT molecular complexity index is 447. The van der Waals surface area contributed by atoms with Crippen molar-refractivity contribution < 1.29 is 9.53 Å². The standard InChI is InChI=1S/C13H18ClN3O2/c1-9-7-11(14)16-12(15-9)8-17-6-4-3-5-10(17)13(18)19-2/h7,10H,3-6,8H2,1-2H3/t10-/m1/s1. The average molecular weight is 284 g/mol. The molecule has 0 aliphatic carbocycles. The maximum Gasteiger partial charge on any atom is 0.323 e. The molecule has 0 aromatic carbocycles. The van der Waals surface area contributed by atoms with Crippen LogP contribution in [0, 0.1) is 6.92 Å². The number of nitrogens with zero attached hydrogens (tertiary/aromatic N) is 3. The summed E-state index contributed by atoms with van der Waals surface area (Å²) < 4.78 is 4.86. The first-order chi connectivity index (χ1) is 9.10. The molecule has 0 unspecified atom stereocenters. The van der Waals surface area contributed by atoms with Crippen molar-refractivity contribution in [3.8, 4) is 0 Å². The van der Waals surface area contributed by atoms with Crippen molar-refractivity contribution in [2.75, 3.05) is 13.7 Å². The molecule has 104 valence electrons. The van der Waals surface area contributed by atoms with Crippen LogP contribution in [-0.4, -0.2) is 40.5 Å². The topological polar surface area (TPSA) is 55.3 Å². The summed E-state index contributed by atoms with van der Waals surface area (Å²) in [6.07, 6.45) is 2.95. The van der Waals surface area contributed by atoms with Crippen molar-refractivity contribution in [3.05, 3.63) is 22.7 Å². The number of likely N-dealkylation sites (tertiary alicyclic amines) is 1. The Labute approximate surface area is 117 Å². The number of esters is 1. The number of methoxy groups -OCH3 is 1. The van der Waals surface area contributed by atoms with E-state index < -0.39 is 0 Å². The third-order valence-corrected chi connectivity index (χ3v) is 3.49. The number of carbonyl (C=O) groups is 1. The summed E-state index contributed by atoms with van der Waals surface area (Å²) in [5.74, 6) is 0.472. The van der Waals surface area contributed by atoms with E-state index in [0.29, 0.717) is 17.5 Å². The summed E-state index contributed by atoms with van der Waals surface area (Å²) in [5.41, 5.74) is 0.835. The third kappa shape index (κ3) is 3.64. The van der Waals surface area contributed by atoms with E-state index >= 15 is 0 Å². The normalized spacial score (nSPS) is 20.3. The minimum Gasteiger partial charge on any atom is -0.468 e. The number of hydrogen-bond acceptors (Lipinski definition) is 5. The van der Waals surface area contributed by atoms with Crippen LogP contribution in [-0.2, 0) is 16.1 Å². The Kier molecular flexibility index (Phi) is 4.71. The van der Waals surface area contributed by atoms with E-state index in [-0.39, 0.29) is 12.0 Å². The van der Waals surface area contributed by atoms with Gasteiger partial charge in [-0.1, -0.05) is 18.0 Å². The van der Waals surface area contributed by atoms with Crippen LogP contribution >= 0.6 is 11.6 Å². The lowest BCUT2D eigenvalue weighted by molar-refractivity contribution is -0.148. The lowest BCUT2D eigenvalue weighted by atomic mass is 10.0. The van der Waals surface area contributed by atoms with Gasteiger partial charge in [0.05, 0.1) is 13.7 Å². The Hall–Kier alpha value is -1.20. The lowest BCUT2D eigenvalue weighted by Gasteiger charge is -2.33. The van der Waals surface area contributed by atoms with Crippen LogP contribution in [0.15, 0.2) is 6.07 Å². The molecule has 0 saturated carbocycles. The van der Waals surface area contributed by atoms with Crippen molar-refractivity contribution >= 4 is 17.6 Å². The van der Waals surface area contributed by atoms with Crippen LogP contribution in [0.3, 0.4) is 0 Å². The fraction of sp³-hybridized carbons (Fsp3) is 0.615. The number of halogens is 1. The first kappa shape index (κ1) is 14.2. The Morgan fingerprint density at radius 3 is 3.00 bits per heavy atom. The monoisotopic (exact) mass is 283 g/mol. The molecule has 1 aromatic heterocycles. The molecule has 0 bridgehead atoms. The molecule has 0 N–H and O–H groups in total. The first-order valence-electron chi connectivity index (χ1n) is 6.42. The highest BCUT2D eigenvalue weighted by Crippen LogP contribution is 2.20. The molecule has 5 nitrogen and oxygen atoms in total. The van der Waals surface area contributed by atoms with Gasteiger partial charge in [0.1, 0.15) is 17.0 Å². The van der Waals surface area contributed by atoms with Gasteiger partial charge in [-0.05, 0) is 32.4 Å². The highest BCUT2D eigenvalue weighted by atomic mass is 35.5. The summed E-state index contributed by atoms with van der Waals surface area (Å²) >= 11 is 5.93. The van der Waals surface area contributed by atoms with Crippen molar-refractivity contribution in [1.82, 2.24) is 14.9 Å². The number of aryl methyl sites for hydroxylation is 1. The Morgan fingerprint density at radius 1 is 1.53 bits per heavy atom. The van der Waals surface area contributed by atoms with Crippen LogP contribution in [0.4, 0.5) is 0 Å². The maximum absolute atomic E-state index is 11.8. The molecule has 0 radical (unpaired) electrons. The van der Waals surface area contributed by atoms with Gasteiger partial charge in [-0.2, -0.15) is 0 Å². The number of aromatic nitrogens is 2. The molecule has 1 atom stereocenters. The summed E-state index contributed by atoms with van der Waals surface area (Å²) in [7, 11) is 1.43. The van der Waals surface area contributed by atoms with Crippen molar-refractivity contribution in [2.45, 2.75) is 38.8 Å². The molecule has 1 aliphatic heterocycles. The molecule has 1 aliphatic rings. The summed E-state index contributed by atoms with van der Waals surface area (Å²) in [6.45, 7) is 3.26. The highest BCUT2D eigenvalue weighted by Gasteiger charge is 2.29. The van der Waals surface area contributed by atoms with E-state index in [4.69, 9.17) is 16.3 Å². The van der Waals surface area contributed by atoms with E-state index in [1.54, 1.807) is 6.07 Å². The summed E-state index contributed by atoms with van der Waals surface area (Å²) in [5, 5.41) is 0.439. The summed E-state index contributed by atoms with van der Waals surface area (Å²) in [6, 6.07) is 1.53. The number of hydrogen-bond donors (Lipinski definition) is 0. The molecule has 0 spiro atoms. The van der Waals surface area contributed by atoms with Gasteiger partial charge in [-0.3, -0.25) is 9.69 Å². The van der Waals surface area contributed by atoms with E-state index in [9.17, 15) is 4.79 Å². The van der Waals surface area contributed by atoms with Gasteiger partial charge in [0.2, 0.25) is 0 Å². The third-order valence-electron chi connectivity index (χ3n) is 3.30. The number of carbonyl (C=O) groups excluding carboxylic acids is 1. The van der Waals surface area contributed by atoms with Crippen LogP contribution in [0.1, 0.15) is 30.8 Å². The molecule has 19 heavy (non-hydrogen) atoms. The second kappa shape index (κ2) is 6.30. The number of piperidine rings is 1.